The van der Waals surface area contributed by atoms with E-state index in [-0.39, 0.29) is 23.5 Å². The van der Waals surface area contributed by atoms with Crippen LogP contribution in [0.3, 0.4) is 0 Å². The van der Waals surface area contributed by atoms with Crippen LogP contribution >= 0.6 is 11.8 Å². The molecule has 0 bridgehead atoms. The second-order valence-electron chi connectivity index (χ2n) is 5.35. The lowest BCUT2D eigenvalue weighted by molar-refractivity contribution is -0.116. The predicted octanol–water partition coefficient (Wildman–Crippen LogP) is 3.06. The first-order valence-electron chi connectivity index (χ1n) is 7.43. The maximum Gasteiger partial charge on any atom is 0.191 e. The fourth-order valence-electron chi connectivity index (χ4n) is 2.26. The van der Waals surface area contributed by atoms with E-state index in [0.29, 0.717) is 11.0 Å². The Labute approximate surface area is 147 Å². The molecule has 8 heteroatoms. The summed E-state index contributed by atoms with van der Waals surface area (Å²) < 4.78 is 28.3. The van der Waals surface area contributed by atoms with Crippen molar-refractivity contribution in [3.63, 3.8) is 0 Å². The topological polar surface area (TPSA) is 60.7 Å². The first-order chi connectivity index (χ1) is 12.0. The van der Waals surface area contributed by atoms with E-state index in [4.69, 9.17) is 0 Å². The van der Waals surface area contributed by atoms with Gasteiger partial charge in [0.2, 0.25) is 0 Å². The van der Waals surface area contributed by atoms with Crippen LogP contribution in [-0.4, -0.2) is 31.3 Å². The molecule has 0 atom stereocenters. The summed E-state index contributed by atoms with van der Waals surface area (Å²) >= 11 is 1.22. The minimum absolute atomic E-state index is 0.0908. The van der Waals surface area contributed by atoms with Gasteiger partial charge in [0.15, 0.2) is 11.0 Å². The molecule has 0 radical (unpaired) electrons. The smallest absolute Gasteiger partial charge is 0.191 e. The van der Waals surface area contributed by atoms with Crippen molar-refractivity contribution in [3.05, 3.63) is 59.9 Å². The van der Waals surface area contributed by atoms with Crippen LogP contribution in [0.5, 0.6) is 0 Å². The minimum atomic E-state index is -0.712. The molecule has 3 aromatic rings. The summed E-state index contributed by atoms with van der Waals surface area (Å²) in [5, 5.41) is 8.76. The third-order valence-corrected chi connectivity index (χ3v) is 4.60. The summed E-state index contributed by atoms with van der Waals surface area (Å²) in [7, 11) is 1.80. The van der Waals surface area contributed by atoms with Gasteiger partial charge in [-0.1, -0.05) is 17.8 Å². The predicted molar refractivity (Wildman–Crippen MR) is 90.0 cm³/mol. The molecule has 0 unspecified atom stereocenters. The van der Waals surface area contributed by atoms with Crippen molar-refractivity contribution in [2.24, 2.45) is 7.05 Å². The van der Waals surface area contributed by atoms with Gasteiger partial charge in [-0.25, -0.2) is 8.78 Å². The minimum Gasteiger partial charge on any atom is -0.305 e. The van der Waals surface area contributed by atoms with Crippen LogP contribution in [0.2, 0.25) is 0 Å². The standard InChI is InChI=1S/C17H14F2N4OS/c1-23-16(12-3-2-6-20-9-12)21-22-17(23)25-10-14(24)7-11-4-5-13(18)8-15(11)19/h2-6,8-9H,7,10H2,1H3. The Kier molecular flexibility index (Phi) is 5.18. The molecular formula is C17H14F2N4OS. The summed E-state index contributed by atoms with van der Waals surface area (Å²) in [6, 6.07) is 6.88. The van der Waals surface area contributed by atoms with Crippen molar-refractivity contribution >= 4 is 17.5 Å². The lowest BCUT2D eigenvalue weighted by Gasteiger charge is -2.04. The molecule has 1 aromatic carbocycles. The number of thioether (sulfide) groups is 1. The van der Waals surface area contributed by atoms with Gasteiger partial charge in [-0.3, -0.25) is 9.78 Å². The Morgan fingerprint density at radius 3 is 2.80 bits per heavy atom. The number of hydrogen-bond acceptors (Lipinski definition) is 5. The van der Waals surface area contributed by atoms with Gasteiger partial charge in [-0.05, 0) is 23.8 Å². The van der Waals surface area contributed by atoms with Crippen LogP contribution < -0.4 is 0 Å². The Bertz CT molecular complexity index is 899. The molecule has 128 valence electrons. The fourth-order valence-corrected chi connectivity index (χ4v) is 3.03. The molecule has 0 spiro atoms. The molecule has 3 rings (SSSR count). The van der Waals surface area contributed by atoms with E-state index in [1.165, 1.54) is 17.8 Å². The third kappa shape index (κ3) is 4.08. The summed E-state index contributed by atoms with van der Waals surface area (Å²) in [4.78, 5) is 16.1. The number of Topliss-reactive ketones (excluding diaryl/α,β-unsaturated/α-hetero) is 1. The molecule has 0 N–H and O–H groups in total. The zero-order chi connectivity index (χ0) is 17.8. The summed E-state index contributed by atoms with van der Waals surface area (Å²) in [5.74, 6) is -0.787. The second kappa shape index (κ2) is 7.52. The zero-order valence-electron chi connectivity index (χ0n) is 13.3. The van der Waals surface area contributed by atoms with Gasteiger partial charge >= 0.3 is 0 Å². The molecule has 0 aliphatic rings. The quantitative estimate of drug-likeness (QED) is 0.632. The third-order valence-electron chi connectivity index (χ3n) is 3.52. The molecule has 0 fully saturated rings. The normalized spacial score (nSPS) is 10.8. The summed E-state index contributed by atoms with van der Waals surface area (Å²) in [6.45, 7) is 0. The lowest BCUT2D eigenvalue weighted by Crippen LogP contribution is -2.08. The highest BCUT2D eigenvalue weighted by atomic mass is 32.2. The lowest BCUT2D eigenvalue weighted by atomic mass is 10.1. The number of aromatic nitrogens is 4. The SMILES string of the molecule is Cn1c(SCC(=O)Cc2ccc(F)cc2F)nnc1-c1cccnc1. The van der Waals surface area contributed by atoms with Gasteiger partial charge in [-0.2, -0.15) is 0 Å². The molecule has 0 aliphatic carbocycles. The number of benzene rings is 1. The summed E-state index contributed by atoms with van der Waals surface area (Å²) in [6.07, 6.45) is 3.26. The van der Waals surface area contributed by atoms with Gasteiger partial charge in [0.1, 0.15) is 17.4 Å². The average Bonchev–Trinajstić information content (AvgIpc) is 2.97. The second-order valence-corrected chi connectivity index (χ2v) is 6.29. The van der Waals surface area contributed by atoms with E-state index in [1.807, 2.05) is 6.07 Å². The van der Waals surface area contributed by atoms with E-state index < -0.39 is 11.6 Å². The van der Waals surface area contributed by atoms with Crippen LogP contribution in [-0.2, 0) is 18.3 Å². The molecule has 2 aromatic heterocycles. The molecule has 0 saturated carbocycles. The number of hydrogen-bond donors (Lipinski definition) is 0. The van der Waals surface area contributed by atoms with Crippen LogP contribution in [0.25, 0.3) is 11.4 Å². The highest BCUT2D eigenvalue weighted by Crippen LogP contribution is 2.22. The van der Waals surface area contributed by atoms with E-state index in [2.05, 4.69) is 15.2 Å². The number of carbonyl (C=O) groups excluding carboxylic acids is 1. The number of ketones is 1. The van der Waals surface area contributed by atoms with Gasteiger partial charge in [0.05, 0.1) is 5.75 Å². The Morgan fingerprint density at radius 2 is 2.08 bits per heavy atom. The van der Waals surface area contributed by atoms with E-state index in [0.717, 1.165) is 17.7 Å². The van der Waals surface area contributed by atoms with Crippen LogP contribution in [0.4, 0.5) is 8.78 Å². The largest absolute Gasteiger partial charge is 0.305 e. The molecular weight excluding hydrogens is 346 g/mol. The van der Waals surface area contributed by atoms with Crippen molar-refractivity contribution in [2.75, 3.05) is 5.75 Å². The van der Waals surface area contributed by atoms with Crippen molar-refractivity contribution in [3.8, 4) is 11.4 Å². The number of rotatable bonds is 6. The monoisotopic (exact) mass is 360 g/mol. The van der Waals surface area contributed by atoms with E-state index in [9.17, 15) is 13.6 Å². The molecule has 2 heterocycles. The fraction of sp³-hybridized carbons (Fsp3) is 0.176. The van der Waals surface area contributed by atoms with Crippen molar-refractivity contribution in [1.29, 1.82) is 0 Å². The average molecular weight is 360 g/mol. The summed E-state index contributed by atoms with van der Waals surface area (Å²) in [5.41, 5.74) is 1.00. The van der Waals surface area contributed by atoms with Crippen LogP contribution in [0.15, 0.2) is 47.9 Å². The molecule has 5 nitrogen and oxygen atoms in total. The Hall–Kier alpha value is -2.61. The number of halogens is 2. The van der Waals surface area contributed by atoms with E-state index >= 15 is 0 Å². The molecule has 0 saturated heterocycles. The Morgan fingerprint density at radius 1 is 1.24 bits per heavy atom. The van der Waals surface area contributed by atoms with Gasteiger partial charge in [0.25, 0.3) is 0 Å². The molecule has 0 aliphatic heterocycles. The molecule has 25 heavy (non-hydrogen) atoms. The first kappa shape index (κ1) is 17.2. The first-order valence-corrected chi connectivity index (χ1v) is 8.41. The maximum atomic E-state index is 13.6. The van der Waals surface area contributed by atoms with E-state index in [1.54, 1.807) is 30.1 Å². The van der Waals surface area contributed by atoms with Crippen LogP contribution in [0.1, 0.15) is 5.56 Å². The number of carbonyl (C=O) groups is 1. The number of nitrogens with zero attached hydrogens (tertiary/aromatic N) is 4. The number of pyridine rings is 1. The van der Waals surface area contributed by atoms with Gasteiger partial charge in [0, 0.05) is 37.5 Å². The van der Waals surface area contributed by atoms with Crippen molar-refractivity contribution < 1.29 is 13.6 Å². The van der Waals surface area contributed by atoms with Gasteiger partial charge in [-0.15, -0.1) is 10.2 Å². The maximum absolute atomic E-state index is 13.6. The van der Waals surface area contributed by atoms with Gasteiger partial charge < -0.3 is 4.57 Å². The Balaban J connectivity index is 1.64. The van der Waals surface area contributed by atoms with Crippen molar-refractivity contribution in [2.45, 2.75) is 11.6 Å². The highest BCUT2D eigenvalue weighted by molar-refractivity contribution is 7.99. The highest BCUT2D eigenvalue weighted by Gasteiger charge is 2.14. The zero-order valence-corrected chi connectivity index (χ0v) is 14.1. The molecule has 0 amide bonds. The van der Waals surface area contributed by atoms with Crippen LogP contribution in [0, 0.1) is 11.6 Å². The van der Waals surface area contributed by atoms with Crippen molar-refractivity contribution in [1.82, 2.24) is 19.7 Å².